The fraction of sp³-hybridized carbons (Fsp3) is 0.188. The summed E-state index contributed by atoms with van der Waals surface area (Å²) in [6, 6.07) is 16.3. The van der Waals surface area contributed by atoms with Gasteiger partial charge in [0.2, 0.25) is 5.95 Å². The van der Waals surface area contributed by atoms with E-state index in [1.165, 1.54) is 11.1 Å². The number of hydrogen-bond acceptors (Lipinski definition) is 4. The molecule has 0 aliphatic carbocycles. The van der Waals surface area contributed by atoms with Crippen molar-refractivity contribution in [1.82, 2.24) is 15.2 Å². The number of nitrogens with one attached hydrogen (secondary N) is 1. The van der Waals surface area contributed by atoms with Gasteiger partial charge in [-0.05, 0) is 29.7 Å². The fourth-order valence-electron chi connectivity index (χ4n) is 2.03. The van der Waals surface area contributed by atoms with Crippen molar-refractivity contribution in [3.05, 3.63) is 59.7 Å². The van der Waals surface area contributed by atoms with Crippen LogP contribution < -0.4 is 5.32 Å². The maximum Gasteiger partial charge on any atom is 0.243 e. The zero-order chi connectivity index (χ0) is 13.8. The molecule has 100 valence electrons. The zero-order valence-electron chi connectivity index (χ0n) is 11.4. The molecule has 0 spiro atoms. The molecule has 0 saturated heterocycles. The van der Waals surface area contributed by atoms with E-state index in [0.29, 0.717) is 12.5 Å². The Kier molecular flexibility index (Phi) is 3.54. The van der Waals surface area contributed by atoms with Crippen molar-refractivity contribution >= 4 is 17.0 Å². The third kappa shape index (κ3) is 2.74. The largest absolute Gasteiger partial charge is 0.349 e. The predicted molar refractivity (Wildman–Crippen MR) is 80.5 cm³/mol. The van der Waals surface area contributed by atoms with Crippen LogP contribution in [-0.2, 0) is 13.0 Å². The van der Waals surface area contributed by atoms with Crippen molar-refractivity contribution in [3.8, 4) is 0 Å². The Morgan fingerprint density at radius 3 is 2.30 bits per heavy atom. The third-order valence-corrected chi connectivity index (χ3v) is 3.24. The second kappa shape index (κ2) is 5.65. The average Bonchev–Trinajstić information content (AvgIpc) is 2.53. The van der Waals surface area contributed by atoms with Crippen LogP contribution in [0.1, 0.15) is 18.1 Å². The van der Waals surface area contributed by atoms with E-state index in [-0.39, 0.29) is 0 Å². The number of anilines is 1. The standard InChI is InChI=1S/C16H16N4/c1-2-12-7-9-13(10-8-12)11-17-16-18-14-5-3-4-6-15(14)19-20-16/h3-10H,2,11H2,1H3,(H,17,18,20). The lowest BCUT2D eigenvalue weighted by molar-refractivity contribution is 0.983. The smallest absolute Gasteiger partial charge is 0.243 e. The molecule has 0 amide bonds. The summed E-state index contributed by atoms with van der Waals surface area (Å²) in [5.41, 5.74) is 4.22. The van der Waals surface area contributed by atoms with Gasteiger partial charge in [-0.1, -0.05) is 43.3 Å². The lowest BCUT2D eigenvalue weighted by Crippen LogP contribution is -2.05. The van der Waals surface area contributed by atoms with Crippen LogP contribution in [-0.4, -0.2) is 15.2 Å². The first-order valence-electron chi connectivity index (χ1n) is 6.76. The van der Waals surface area contributed by atoms with Crippen molar-refractivity contribution < 1.29 is 0 Å². The molecule has 2 aromatic carbocycles. The number of fused-ring (bicyclic) bond motifs is 1. The molecule has 0 bridgehead atoms. The zero-order valence-corrected chi connectivity index (χ0v) is 11.4. The molecule has 0 aliphatic rings. The number of aryl methyl sites for hydroxylation is 1. The van der Waals surface area contributed by atoms with Gasteiger partial charge in [0.15, 0.2) is 0 Å². The highest BCUT2D eigenvalue weighted by Gasteiger charge is 2.00. The molecule has 4 heteroatoms. The molecule has 4 nitrogen and oxygen atoms in total. The Hall–Kier alpha value is -2.49. The highest BCUT2D eigenvalue weighted by atomic mass is 15.2. The first kappa shape index (κ1) is 12.5. The van der Waals surface area contributed by atoms with Crippen molar-refractivity contribution in [2.75, 3.05) is 5.32 Å². The first-order valence-corrected chi connectivity index (χ1v) is 6.76. The van der Waals surface area contributed by atoms with Gasteiger partial charge in [0.1, 0.15) is 5.52 Å². The summed E-state index contributed by atoms with van der Waals surface area (Å²) in [4.78, 5) is 4.44. The van der Waals surface area contributed by atoms with Gasteiger partial charge in [-0.2, -0.15) is 0 Å². The van der Waals surface area contributed by atoms with Crippen LogP contribution in [0.2, 0.25) is 0 Å². The highest BCUT2D eigenvalue weighted by molar-refractivity contribution is 5.74. The number of benzene rings is 2. The Balaban J connectivity index is 1.72. The van der Waals surface area contributed by atoms with Gasteiger partial charge in [-0.15, -0.1) is 10.2 Å². The summed E-state index contributed by atoms with van der Waals surface area (Å²) in [5.74, 6) is 0.559. The summed E-state index contributed by atoms with van der Waals surface area (Å²) < 4.78 is 0. The van der Waals surface area contributed by atoms with E-state index in [9.17, 15) is 0 Å². The number of para-hydroxylation sites is 1. The Bertz CT molecular complexity index is 707. The van der Waals surface area contributed by atoms with E-state index in [4.69, 9.17) is 0 Å². The van der Waals surface area contributed by atoms with E-state index in [0.717, 1.165) is 17.5 Å². The van der Waals surface area contributed by atoms with E-state index >= 15 is 0 Å². The van der Waals surface area contributed by atoms with E-state index in [1.54, 1.807) is 0 Å². The molecule has 1 N–H and O–H groups in total. The van der Waals surface area contributed by atoms with Crippen LogP contribution >= 0.6 is 0 Å². The van der Waals surface area contributed by atoms with Gasteiger partial charge in [-0.25, -0.2) is 4.98 Å². The molecule has 0 unspecified atom stereocenters. The maximum atomic E-state index is 4.44. The van der Waals surface area contributed by atoms with Gasteiger partial charge >= 0.3 is 0 Å². The molecule has 20 heavy (non-hydrogen) atoms. The molecular weight excluding hydrogens is 248 g/mol. The lowest BCUT2D eigenvalue weighted by Gasteiger charge is -2.05. The second-order valence-corrected chi connectivity index (χ2v) is 4.65. The fourth-order valence-corrected chi connectivity index (χ4v) is 2.03. The van der Waals surface area contributed by atoms with Crippen LogP contribution in [0, 0.1) is 0 Å². The third-order valence-electron chi connectivity index (χ3n) is 3.24. The molecule has 0 fully saturated rings. The van der Waals surface area contributed by atoms with Gasteiger partial charge in [0, 0.05) is 6.54 Å². The predicted octanol–water partition coefficient (Wildman–Crippen LogP) is 3.20. The van der Waals surface area contributed by atoms with Crippen molar-refractivity contribution in [3.63, 3.8) is 0 Å². The summed E-state index contributed by atoms with van der Waals surface area (Å²) in [6.45, 7) is 2.85. The van der Waals surface area contributed by atoms with E-state index in [2.05, 4.69) is 51.7 Å². The number of rotatable bonds is 4. The molecule has 3 rings (SSSR count). The van der Waals surface area contributed by atoms with Crippen LogP contribution in [0.25, 0.3) is 11.0 Å². The van der Waals surface area contributed by atoms with Gasteiger partial charge < -0.3 is 5.32 Å². The van der Waals surface area contributed by atoms with Gasteiger partial charge in [0.05, 0.1) is 5.52 Å². The Morgan fingerprint density at radius 2 is 1.55 bits per heavy atom. The van der Waals surface area contributed by atoms with Crippen LogP contribution in [0.5, 0.6) is 0 Å². The second-order valence-electron chi connectivity index (χ2n) is 4.65. The average molecular weight is 264 g/mol. The SMILES string of the molecule is CCc1ccc(CNc2nnc3ccccc3n2)cc1. The van der Waals surface area contributed by atoms with Crippen LogP contribution in [0.4, 0.5) is 5.95 Å². The molecule has 0 aliphatic heterocycles. The minimum Gasteiger partial charge on any atom is -0.349 e. The maximum absolute atomic E-state index is 4.44. The Labute approximate surface area is 117 Å². The number of hydrogen-bond donors (Lipinski definition) is 1. The summed E-state index contributed by atoms with van der Waals surface area (Å²) in [5, 5.41) is 11.4. The van der Waals surface area contributed by atoms with Crippen molar-refractivity contribution in [1.29, 1.82) is 0 Å². The normalized spacial score (nSPS) is 10.7. The van der Waals surface area contributed by atoms with E-state index < -0.39 is 0 Å². The minimum absolute atomic E-state index is 0.559. The molecular formula is C16H16N4. The monoisotopic (exact) mass is 264 g/mol. The highest BCUT2D eigenvalue weighted by Crippen LogP contribution is 2.10. The van der Waals surface area contributed by atoms with Crippen LogP contribution in [0.15, 0.2) is 48.5 Å². The Morgan fingerprint density at radius 1 is 0.850 bits per heavy atom. The number of aromatic nitrogens is 3. The molecule has 3 aromatic rings. The summed E-state index contributed by atoms with van der Waals surface area (Å²) in [7, 11) is 0. The van der Waals surface area contributed by atoms with Gasteiger partial charge in [-0.3, -0.25) is 0 Å². The summed E-state index contributed by atoms with van der Waals surface area (Å²) in [6.07, 6.45) is 1.06. The quantitative estimate of drug-likeness (QED) is 0.786. The van der Waals surface area contributed by atoms with Crippen molar-refractivity contribution in [2.24, 2.45) is 0 Å². The van der Waals surface area contributed by atoms with Crippen molar-refractivity contribution in [2.45, 2.75) is 19.9 Å². The minimum atomic E-state index is 0.559. The molecule has 1 aromatic heterocycles. The van der Waals surface area contributed by atoms with Crippen LogP contribution in [0.3, 0.4) is 0 Å². The molecule has 0 atom stereocenters. The topological polar surface area (TPSA) is 50.7 Å². The summed E-state index contributed by atoms with van der Waals surface area (Å²) >= 11 is 0. The molecule has 0 saturated carbocycles. The lowest BCUT2D eigenvalue weighted by atomic mass is 10.1. The number of nitrogens with zero attached hydrogens (tertiary/aromatic N) is 3. The van der Waals surface area contributed by atoms with Gasteiger partial charge in [0.25, 0.3) is 0 Å². The molecule has 0 radical (unpaired) electrons. The molecule has 1 heterocycles. The first-order chi connectivity index (χ1) is 9.85. The van der Waals surface area contributed by atoms with E-state index in [1.807, 2.05) is 24.3 Å².